The molecule has 1 fully saturated rings. The third-order valence-electron chi connectivity index (χ3n) is 4.33. The summed E-state index contributed by atoms with van der Waals surface area (Å²) in [6.07, 6.45) is 0.859. The zero-order valence-electron chi connectivity index (χ0n) is 14.2. The molecule has 3 rings (SSSR count). The number of carbonyl (C=O) groups excluding carboxylic acids is 2. The van der Waals surface area contributed by atoms with E-state index in [9.17, 15) is 9.59 Å². The van der Waals surface area contributed by atoms with Crippen LogP contribution in [0.4, 0.5) is 5.69 Å². The molecule has 0 aromatic heterocycles. The van der Waals surface area contributed by atoms with Gasteiger partial charge in [0.1, 0.15) is 5.75 Å². The van der Waals surface area contributed by atoms with Crippen LogP contribution in [0.3, 0.4) is 0 Å². The number of amides is 2. The van der Waals surface area contributed by atoms with Gasteiger partial charge in [-0.1, -0.05) is 29.3 Å². The number of rotatable bonds is 4. The summed E-state index contributed by atoms with van der Waals surface area (Å²) < 4.78 is 5.12. The maximum absolute atomic E-state index is 12.7. The van der Waals surface area contributed by atoms with E-state index in [4.69, 9.17) is 4.74 Å². The minimum absolute atomic E-state index is 0.121. The molecule has 1 atom stereocenters. The van der Waals surface area contributed by atoms with Crippen molar-refractivity contribution in [3.63, 3.8) is 0 Å². The molecule has 1 aliphatic heterocycles. The lowest BCUT2D eigenvalue weighted by Gasteiger charge is -2.15. The summed E-state index contributed by atoms with van der Waals surface area (Å²) in [7, 11) is 1.58. The van der Waals surface area contributed by atoms with Crippen LogP contribution in [0.2, 0.25) is 0 Å². The average Bonchev–Trinajstić information content (AvgIpc) is 2.80. The number of methoxy groups -OCH3 is 1. The standard InChI is InChI=1S/C20H21NO3/c1-13-8-14(2)10-15(9-13)11-16-12-19(22)21(20(16)23)17-4-6-18(24-3)7-5-17/h4-10,16H,11-12H2,1-3H3/t16-/m1/s1. The molecule has 2 amide bonds. The third-order valence-corrected chi connectivity index (χ3v) is 4.33. The zero-order valence-corrected chi connectivity index (χ0v) is 14.2. The lowest BCUT2D eigenvalue weighted by atomic mass is 9.95. The Labute approximate surface area is 142 Å². The molecule has 0 bridgehead atoms. The second-order valence-electron chi connectivity index (χ2n) is 6.37. The van der Waals surface area contributed by atoms with Gasteiger partial charge in [0.2, 0.25) is 11.8 Å². The summed E-state index contributed by atoms with van der Waals surface area (Å²) in [5.74, 6) is 0.148. The monoisotopic (exact) mass is 323 g/mol. The van der Waals surface area contributed by atoms with Gasteiger partial charge in [0, 0.05) is 6.42 Å². The Balaban J connectivity index is 1.80. The molecule has 24 heavy (non-hydrogen) atoms. The van der Waals surface area contributed by atoms with Crippen molar-refractivity contribution in [3.8, 4) is 5.75 Å². The average molecular weight is 323 g/mol. The van der Waals surface area contributed by atoms with Crippen molar-refractivity contribution in [1.29, 1.82) is 0 Å². The molecule has 4 nitrogen and oxygen atoms in total. The quantitative estimate of drug-likeness (QED) is 0.810. The van der Waals surface area contributed by atoms with Crippen LogP contribution in [0.5, 0.6) is 5.75 Å². The van der Waals surface area contributed by atoms with Crippen LogP contribution in [0.15, 0.2) is 42.5 Å². The molecule has 2 aromatic rings. The number of ether oxygens (including phenoxy) is 1. The van der Waals surface area contributed by atoms with E-state index in [1.807, 2.05) is 13.8 Å². The van der Waals surface area contributed by atoms with Crippen LogP contribution in [-0.2, 0) is 16.0 Å². The van der Waals surface area contributed by atoms with Gasteiger partial charge in [-0.3, -0.25) is 14.5 Å². The Morgan fingerprint density at radius 1 is 1.04 bits per heavy atom. The Kier molecular flexibility index (Phi) is 4.38. The highest BCUT2D eigenvalue weighted by molar-refractivity contribution is 6.21. The number of nitrogens with zero attached hydrogens (tertiary/aromatic N) is 1. The van der Waals surface area contributed by atoms with E-state index in [-0.39, 0.29) is 24.2 Å². The summed E-state index contributed by atoms with van der Waals surface area (Å²) in [6, 6.07) is 13.3. The Hall–Kier alpha value is -2.62. The predicted octanol–water partition coefficient (Wildman–Crippen LogP) is 3.43. The highest BCUT2D eigenvalue weighted by Gasteiger charge is 2.39. The van der Waals surface area contributed by atoms with Crippen molar-refractivity contribution < 1.29 is 14.3 Å². The van der Waals surface area contributed by atoms with Crippen LogP contribution < -0.4 is 9.64 Å². The molecule has 0 saturated carbocycles. The lowest BCUT2D eigenvalue weighted by Crippen LogP contribution is -2.30. The van der Waals surface area contributed by atoms with Crippen molar-refractivity contribution in [2.75, 3.05) is 12.0 Å². The largest absolute Gasteiger partial charge is 0.497 e. The molecule has 0 aliphatic carbocycles. The fourth-order valence-electron chi connectivity index (χ4n) is 3.33. The molecule has 1 saturated heterocycles. The predicted molar refractivity (Wildman–Crippen MR) is 93.2 cm³/mol. The van der Waals surface area contributed by atoms with Crippen LogP contribution >= 0.6 is 0 Å². The molecular formula is C20H21NO3. The number of hydrogen-bond donors (Lipinski definition) is 0. The first-order valence-corrected chi connectivity index (χ1v) is 8.06. The fourth-order valence-corrected chi connectivity index (χ4v) is 3.33. The number of aryl methyl sites for hydroxylation is 2. The molecule has 0 unspecified atom stereocenters. The maximum Gasteiger partial charge on any atom is 0.237 e. The van der Waals surface area contributed by atoms with Crippen LogP contribution in [-0.4, -0.2) is 18.9 Å². The first kappa shape index (κ1) is 16.2. The summed E-state index contributed by atoms with van der Waals surface area (Å²) in [6.45, 7) is 4.09. The molecule has 0 radical (unpaired) electrons. The van der Waals surface area contributed by atoms with Gasteiger partial charge in [-0.25, -0.2) is 0 Å². The van der Waals surface area contributed by atoms with Crippen LogP contribution in [0, 0.1) is 19.8 Å². The van der Waals surface area contributed by atoms with E-state index in [1.165, 1.54) is 16.0 Å². The maximum atomic E-state index is 12.7. The molecule has 0 N–H and O–H groups in total. The number of carbonyl (C=O) groups is 2. The van der Waals surface area contributed by atoms with Gasteiger partial charge >= 0.3 is 0 Å². The normalized spacial score (nSPS) is 17.5. The molecule has 2 aromatic carbocycles. The van der Waals surface area contributed by atoms with Crippen molar-refractivity contribution in [2.45, 2.75) is 26.7 Å². The number of hydrogen-bond acceptors (Lipinski definition) is 3. The van der Waals surface area contributed by atoms with E-state index < -0.39 is 0 Å². The van der Waals surface area contributed by atoms with Gasteiger partial charge in [0.05, 0.1) is 18.7 Å². The second-order valence-corrected chi connectivity index (χ2v) is 6.37. The van der Waals surface area contributed by atoms with Gasteiger partial charge in [0.15, 0.2) is 0 Å². The van der Waals surface area contributed by atoms with Gasteiger partial charge in [-0.05, 0) is 50.1 Å². The summed E-state index contributed by atoms with van der Waals surface area (Å²) in [4.78, 5) is 26.4. The first-order chi connectivity index (χ1) is 11.5. The number of imide groups is 1. The highest BCUT2D eigenvalue weighted by atomic mass is 16.5. The fraction of sp³-hybridized carbons (Fsp3) is 0.300. The Bertz CT molecular complexity index is 760. The number of benzene rings is 2. The van der Waals surface area contributed by atoms with Gasteiger partial charge in [-0.2, -0.15) is 0 Å². The second kappa shape index (κ2) is 6.48. The highest BCUT2D eigenvalue weighted by Crippen LogP contribution is 2.30. The smallest absolute Gasteiger partial charge is 0.237 e. The summed E-state index contributed by atoms with van der Waals surface area (Å²) >= 11 is 0. The topological polar surface area (TPSA) is 46.6 Å². The minimum atomic E-state index is -0.291. The zero-order chi connectivity index (χ0) is 17.3. The molecule has 124 valence electrons. The van der Waals surface area contributed by atoms with Crippen LogP contribution in [0.25, 0.3) is 0 Å². The van der Waals surface area contributed by atoms with Crippen molar-refractivity contribution in [3.05, 3.63) is 59.2 Å². The van der Waals surface area contributed by atoms with Crippen molar-refractivity contribution in [1.82, 2.24) is 0 Å². The van der Waals surface area contributed by atoms with E-state index in [2.05, 4.69) is 18.2 Å². The molecular weight excluding hydrogens is 302 g/mol. The van der Waals surface area contributed by atoms with Crippen LogP contribution in [0.1, 0.15) is 23.1 Å². The Morgan fingerprint density at radius 3 is 2.25 bits per heavy atom. The SMILES string of the molecule is COc1ccc(N2C(=O)C[C@@H](Cc3cc(C)cc(C)c3)C2=O)cc1. The summed E-state index contributed by atoms with van der Waals surface area (Å²) in [5, 5.41) is 0. The van der Waals surface area contributed by atoms with Gasteiger partial charge in [0.25, 0.3) is 0 Å². The van der Waals surface area contributed by atoms with Gasteiger partial charge in [-0.15, -0.1) is 0 Å². The molecule has 0 spiro atoms. The lowest BCUT2D eigenvalue weighted by molar-refractivity contribution is -0.122. The number of anilines is 1. The van der Waals surface area contributed by atoms with E-state index in [0.717, 1.165) is 5.56 Å². The minimum Gasteiger partial charge on any atom is -0.497 e. The summed E-state index contributed by atoms with van der Waals surface area (Å²) in [5.41, 5.74) is 4.06. The molecule has 1 aliphatic rings. The van der Waals surface area contributed by atoms with Gasteiger partial charge < -0.3 is 4.74 Å². The first-order valence-electron chi connectivity index (χ1n) is 8.06. The van der Waals surface area contributed by atoms with Crippen molar-refractivity contribution >= 4 is 17.5 Å². The van der Waals surface area contributed by atoms with E-state index in [0.29, 0.717) is 17.9 Å². The molecule has 1 heterocycles. The van der Waals surface area contributed by atoms with Crippen molar-refractivity contribution in [2.24, 2.45) is 5.92 Å². The third kappa shape index (κ3) is 3.18. The molecule has 4 heteroatoms. The Morgan fingerprint density at radius 2 is 1.67 bits per heavy atom. The van der Waals surface area contributed by atoms with E-state index in [1.54, 1.807) is 31.4 Å². The van der Waals surface area contributed by atoms with E-state index >= 15 is 0 Å².